The Kier molecular flexibility index (Phi) is 6.77. The minimum Gasteiger partial charge on any atom is -0.347 e. The highest BCUT2D eigenvalue weighted by Gasteiger charge is 2.16. The molecule has 0 spiro atoms. The maximum absolute atomic E-state index is 12.6. The molecule has 0 radical (unpaired) electrons. The average Bonchev–Trinajstić information content (AvgIpc) is 3.34. The molecule has 3 rings (SSSR count). The maximum Gasteiger partial charge on any atom is 0.263 e. The van der Waals surface area contributed by atoms with Crippen LogP contribution >= 0.6 is 22.7 Å². The lowest BCUT2D eigenvalue weighted by atomic mass is 10.1. The predicted molar refractivity (Wildman–Crippen MR) is 114 cm³/mol. The molecular formula is C21H25N3OS2. The molecule has 0 bridgehead atoms. The molecule has 2 heterocycles. The Labute approximate surface area is 168 Å². The standard InChI is InChI=1S/C21H25N3OS2/c1-4-24(5-2)13-17-8-6-16(7-9-17)12-22-20(25)19-15(3)23-21(27-19)18-10-11-26-14-18/h6-11,14H,4-5,12-13H2,1-3H3,(H,22,25). The fraction of sp³-hybridized carbons (Fsp3) is 0.333. The van der Waals surface area contributed by atoms with Crippen LogP contribution in [0.4, 0.5) is 0 Å². The quantitative estimate of drug-likeness (QED) is 0.583. The highest BCUT2D eigenvalue weighted by atomic mass is 32.1. The zero-order chi connectivity index (χ0) is 19.2. The van der Waals surface area contributed by atoms with Crippen LogP contribution in [0, 0.1) is 6.92 Å². The Hall–Kier alpha value is -2.02. The highest BCUT2D eigenvalue weighted by Crippen LogP contribution is 2.29. The minimum absolute atomic E-state index is 0.0568. The second-order valence-electron chi connectivity index (χ2n) is 6.41. The van der Waals surface area contributed by atoms with E-state index < -0.39 is 0 Å². The first kappa shape index (κ1) is 19.7. The van der Waals surface area contributed by atoms with Gasteiger partial charge in [0.25, 0.3) is 5.91 Å². The number of carbonyl (C=O) groups excluding carboxylic acids is 1. The van der Waals surface area contributed by atoms with E-state index in [1.165, 1.54) is 16.9 Å². The number of nitrogens with zero attached hydrogens (tertiary/aromatic N) is 2. The van der Waals surface area contributed by atoms with Crippen molar-refractivity contribution in [2.24, 2.45) is 0 Å². The van der Waals surface area contributed by atoms with Gasteiger partial charge in [0.1, 0.15) is 9.88 Å². The SMILES string of the molecule is CCN(CC)Cc1ccc(CNC(=O)c2sc(-c3ccsc3)nc2C)cc1. The number of carbonyl (C=O) groups is 1. The van der Waals surface area contributed by atoms with Gasteiger partial charge in [-0.3, -0.25) is 9.69 Å². The number of thiophene rings is 1. The number of benzene rings is 1. The summed E-state index contributed by atoms with van der Waals surface area (Å²) in [5.74, 6) is -0.0568. The van der Waals surface area contributed by atoms with E-state index in [2.05, 4.69) is 58.7 Å². The van der Waals surface area contributed by atoms with Crippen LogP contribution in [0.2, 0.25) is 0 Å². The molecule has 0 saturated carbocycles. The summed E-state index contributed by atoms with van der Waals surface area (Å²) < 4.78 is 0. The van der Waals surface area contributed by atoms with Crippen molar-refractivity contribution in [1.82, 2.24) is 15.2 Å². The minimum atomic E-state index is -0.0568. The van der Waals surface area contributed by atoms with Gasteiger partial charge in [-0.2, -0.15) is 11.3 Å². The van der Waals surface area contributed by atoms with Gasteiger partial charge in [-0.1, -0.05) is 38.1 Å². The van der Waals surface area contributed by atoms with E-state index in [-0.39, 0.29) is 5.91 Å². The Morgan fingerprint density at radius 3 is 2.44 bits per heavy atom. The highest BCUT2D eigenvalue weighted by molar-refractivity contribution is 7.17. The summed E-state index contributed by atoms with van der Waals surface area (Å²) in [7, 11) is 0. The smallest absolute Gasteiger partial charge is 0.263 e. The molecule has 0 aliphatic heterocycles. The summed E-state index contributed by atoms with van der Waals surface area (Å²) >= 11 is 3.09. The first-order valence-corrected chi connectivity index (χ1v) is 10.9. The topological polar surface area (TPSA) is 45.2 Å². The van der Waals surface area contributed by atoms with Gasteiger partial charge in [-0.05, 0) is 42.6 Å². The summed E-state index contributed by atoms with van der Waals surface area (Å²) in [6.45, 7) is 9.84. The number of nitrogens with one attached hydrogen (secondary N) is 1. The number of aromatic nitrogens is 1. The van der Waals surface area contributed by atoms with E-state index in [1.54, 1.807) is 11.3 Å². The largest absolute Gasteiger partial charge is 0.347 e. The molecule has 3 aromatic rings. The van der Waals surface area contributed by atoms with E-state index in [0.29, 0.717) is 11.4 Å². The van der Waals surface area contributed by atoms with Gasteiger partial charge in [0, 0.05) is 24.0 Å². The second kappa shape index (κ2) is 9.26. The molecule has 27 heavy (non-hydrogen) atoms. The average molecular weight is 400 g/mol. The summed E-state index contributed by atoms with van der Waals surface area (Å²) in [4.78, 5) is 20.2. The van der Waals surface area contributed by atoms with Crippen LogP contribution in [0.3, 0.4) is 0 Å². The van der Waals surface area contributed by atoms with Crippen molar-refractivity contribution in [1.29, 1.82) is 0 Å². The molecule has 0 aliphatic rings. The third kappa shape index (κ3) is 5.03. The molecule has 1 N–H and O–H groups in total. The normalized spacial score (nSPS) is 11.1. The Morgan fingerprint density at radius 1 is 1.11 bits per heavy atom. The lowest BCUT2D eigenvalue weighted by Gasteiger charge is -2.18. The number of aryl methyl sites for hydroxylation is 1. The van der Waals surface area contributed by atoms with E-state index in [9.17, 15) is 4.79 Å². The third-order valence-corrected chi connectivity index (χ3v) is 6.44. The first-order chi connectivity index (χ1) is 13.1. The summed E-state index contributed by atoms with van der Waals surface area (Å²) in [6.07, 6.45) is 0. The third-order valence-electron chi connectivity index (χ3n) is 4.55. The van der Waals surface area contributed by atoms with Crippen molar-refractivity contribution >= 4 is 28.6 Å². The molecule has 1 amide bonds. The Morgan fingerprint density at radius 2 is 1.81 bits per heavy atom. The zero-order valence-corrected chi connectivity index (χ0v) is 17.6. The van der Waals surface area contributed by atoms with Gasteiger partial charge in [-0.25, -0.2) is 4.98 Å². The van der Waals surface area contributed by atoms with Crippen molar-refractivity contribution in [3.63, 3.8) is 0 Å². The van der Waals surface area contributed by atoms with Crippen LogP contribution < -0.4 is 5.32 Å². The summed E-state index contributed by atoms with van der Waals surface area (Å²) in [5.41, 5.74) is 4.27. The van der Waals surface area contributed by atoms with Crippen LogP contribution in [0.1, 0.15) is 40.3 Å². The molecule has 1 aromatic carbocycles. The molecule has 0 saturated heterocycles. The fourth-order valence-corrected chi connectivity index (χ4v) is 4.54. The molecule has 0 aliphatic carbocycles. The fourth-order valence-electron chi connectivity index (χ4n) is 2.85. The molecule has 2 aromatic heterocycles. The number of rotatable bonds is 8. The summed E-state index contributed by atoms with van der Waals surface area (Å²) in [6, 6.07) is 10.5. The molecule has 0 fully saturated rings. The van der Waals surface area contributed by atoms with Crippen LogP contribution in [0.25, 0.3) is 10.6 Å². The lowest BCUT2D eigenvalue weighted by Crippen LogP contribution is -2.23. The van der Waals surface area contributed by atoms with E-state index in [4.69, 9.17) is 0 Å². The number of hydrogen-bond donors (Lipinski definition) is 1. The Bertz CT molecular complexity index is 865. The molecular weight excluding hydrogens is 374 g/mol. The molecule has 0 atom stereocenters. The number of amides is 1. The lowest BCUT2D eigenvalue weighted by molar-refractivity contribution is 0.0954. The number of hydrogen-bond acceptors (Lipinski definition) is 5. The van der Waals surface area contributed by atoms with Crippen LogP contribution in [-0.4, -0.2) is 28.9 Å². The van der Waals surface area contributed by atoms with Crippen molar-refractivity contribution in [3.8, 4) is 10.6 Å². The Balaban J connectivity index is 1.59. The van der Waals surface area contributed by atoms with Crippen molar-refractivity contribution in [2.75, 3.05) is 13.1 Å². The first-order valence-electron chi connectivity index (χ1n) is 9.19. The monoisotopic (exact) mass is 399 g/mol. The van der Waals surface area contributed by atoms with Crippen LogP contribution in [0.5, 0.6) is 0 Å². The number of thiazole rings is 1. The van der Waals surface area contributed by atoms with Gasteiger partial charge in [0.15, 0.2) is 0 Å². The van der Waals surface area contributed by atoms with Crippen LogP contribution in [-0.2, 0) is 13.1 Å². The van der Waals surface area contributed by atoms with E-state index in [1.807, 2.05) is 18.4 Å². The zero-order valence-electron chi connectivity index (χ0n) is 16.0. The van der Waals surface area contributed by atoms with Gasteiger partial charge in [-0.15, -0.1) is 11.3 Å². The van der Waals surface area contributed by atoms with E-state index >= 15 is 0 Å². The van der Waals surface area contributed by atoms with E-state index in [0.717, 1.165) is 41.5 Å². The summed E-state index contributed by atoms with van der Waals surface area (Å²) in [5, 5.41) is 8.00. The molecule has 0 unspecified atom stereocenters. The van der Waals surface area contributed by atoms with Gasteiger partial charge in [0.05, 0.1) is 5.69 Å². The van der Waals surface area contributed by atoms with Gasteiger partial charge in [0.2, 0.25) is 0 Å². The molecule has 142 valence electrons. The van der Waals surface area contributed by atoms with Gasteiger partial charge < -0.3 is 5.32 Å². The molecule has 6 heteroatoms. The van der Waals surface area contributed by atoms with Crippen LogP contribution in [0.15, 0.2) is 41.1 Å². The van der Waals surface area contributed by atoms with Gasteiger partial charge >= 0.3 is 0 Å². The molecule has 4 nitrogen and oxygen atoms in total. The van der Waals surface area contributed by atoms with Crippen molar-refractivity contribution < 1.29 is 4.79 Å². The van der Waals surface area contributed by atoms with Crippen molar-refractivity contribution in [2.45, 2.75) is 33.9 Å². The maximum atomic E-state index is 12.6. The predicted octanol–water partition coefficient (Wildman–Crippen LogP) is 4.95. The second-order valence-corrected chi connectivity index (χ2v) is 8.19. The van der Waals surface area contributed by atoms with Crippen molar-refractivity contribution in [3.05, 3.63) is 62.8 Å².